The summed E-state index contributed by atoms with van der Waals surface area (Å²) in [7, 11) is -3.05. The van der Waals surface area contributed by atoms with E-state index >= 15 is 0 Å². The van der Waals surface area contributed by atoms with Crippen molar-refractivity contribution in [3.05, 3.63) is 17.5 Å². The Kier molecular flexibility index (Phi) is 5.60. The molecular formula is C18H28N4O4S. The van der Waals surface area contributed by atoms with E-state index in [4.69, 9.17) is 0 Å². The fourth-order valence-electron chi connectivity index (χ4n) is 3.92. The Hall–Kier alpha value is -1.90. The molecule has 0 saturated carbocycles. The number of nitrogens with zero attached hydrogens (tertiary/aromatic N) is 3. The minimum absolute atomic E-state index is 0.0206. The van der Waals surface area contributed by atoms with Gasteiger partial charge in [-0.25, -0.2) is 8.42 Å². The van der Waals surface area contributed by atoms with Crippen LogP contribution >= 0.6 is 0 Å². The molecule has 1 aromatic rings. The fourth-order valence-corrected chi connectivity index (χ4v) is 5.65. The maximum absolute atomic E-state index is 12.5. The number of aromatic nitrogens is 2. The summed E-state index contributed by atoms with van der Waals surface area (Å²) in [6, 6.07) is 1.75. The first-order chi connectivity index (χ1) is 12.6. The van der Waals surface area contributed by atoms with E-state index in [0.717, 1.165) is 17.9 Å². The summed E-state index contributed by atoms with van der Waals surface area (Å²) in [5.74, 6) is -0.295. The van der Waals surface area contributed by atoms with Crippen LogP contribution in [0, 0.1) is 25.7 Å². The molecule has 2 aliphatic heterocycles. The Morgan fingerprint density at radius 2 is 2.15 bits per heavy atom. The molecule has 2 saturated heterocycles. The average Bonchev–Trinajstić information content (AvgIpc) is 3.22. The second-order valence-electron chi connectivity index (χ2n) is 7.96. The molecule has 8 nitrogen and oxygen atoms in total. The lowest BCUT2D eigenvalue weighted by Crippen LogP contribution is -2.39. The van der Waals surface area contributed by atoms with Crippen LogP contribution in [-0.2, 0) is 26.0 Å². The summed E-state index contributed by atoms with van der Waals surface area (Å²) in [6.07, 6.45) is 0.635. The predicted molar refractivity (Wildman–Crippen MR) is 101 cm³/mol. The maximum atomic E-state index is 12.5. The zero-order valence-electron chi connectivity index (χ0n) is 16.1. The smallest absolute Gasteiger partial charge is 0.225 e. The van der Waals surface area contributed by atoms with E-state index in [1.54, 1.807) is 4.90 Å². The average molecular weight is 397 g/mol. The van der Waals surface area contributed by atoms with Gasteiger partial charge in [0.1, 0.15) is 0 Å². The van der Waals surface area contributed by atoms with Crippen molar-refractivity contribution in [3.8, 4) is 0 Å². The molecule has 1 N–H and O–H groups in total. The third kappa shape index (κ3) is 4.69. The second-order valence-corrected chi connectivity index (χ2v) is 10.2. The highest BCUT2D eigenvalue weighted by molar-refractivity contribution is 7.91. The third-order valence-electron chi connectivity index (χ3n) is 5.39. The van der Waals surface area contributed by atoms with Crippen LogP contribution in [0.25, 0.3) is 0 Å². The molecule has 0 aliphatic carbocycles. The molecule has 9 heteroatoms. The van der Waals surface area contributed by atoms with Crippen molar-refractivity contribution in [2.75, 3.05) is 24.6 Å². The summed E-state index contributed by atoms with van der Waals surface area (Å²) in [4.78, 5) is 26.3. The lowest BCUT2D eigenvalue weighted by atomic mass is 10.1. The highest BCUT2D eigenvalue weighted by Crippen LogP contribution is 2.26. The van der Waals surface area contributed by atoms with Crippen LogP contribution in [0.3, 0.4) is 0 Å². The van der Waals surface area contributed by atoms with E-state index in [1.807, 2.05) is 31.5 Å². The monoisotopic (exact) mass is 396 g/mol. The van der Waals surface area contributed by atoms with Gasteiger partial charge in [0.2, 0.25) is 11.8 Å². The van der Waals surface area contributed by atoms with E-state index in [1.165, 1.54) is 0 Å². The summed E-state index contributed by atoms with van der Waals surface area (Å²) in [6.45, 7) is 7.56. The Balaban J connectivity index is 1.48. The summed E-state index contributed by atoms with van der Waals surface area (Å²) in [5.41, 5.74) is 2.07. The van der Waals surface area contributed by atoms with Gasteiger partial charge >= 0.3 is 0 Å². The number of aryl methyl sites for hydroxylation is 2. The number of likely N-dealkylation sites (tertiary alicyclic amines) is 1. The summed E-state index contributed by atoms with van der Waals surface area (Å²) >= 11 is 0. The van der Waals surface area contributed by atoms with Crippen molar-refractivity contribution in [1.82, 2.24) is 20.0 Å². The Morgan fingerprint density at radius 3 is 2.74 bits per heavy atom. The van der Waals surface area contributed by atoms with Crippen molar-refractivity contribution < 1.29 is 18.0 Å². The van der Waals surface area contributed by atoms with Gasteiger partial charge in [0, 0.05) is 37.8 Å². The van der Waals surface area contributed by atoms with Crippen LogP contribution < -0.4 is 5.32 Å². The molecule has 2 aliphatic rings. The normalized spacial score (nSPS) is 25.7. The minimum atomic E-state index is -3.05. The molecule has 3 atom stereocenters. The van der Waals surface area contributed by atoms with E-state index in [2.05, 4.69) is 10.4 Å². The van der Waals surface area contributed by atoms with Gasteiger partial charge in [-0.1, -0.05) is 6.92 Å². The molecule has 150 valence electrons. The van der Waals surface area contributed by atoms with Crippen molar-refractivity contribution in [2.24, 2.45) is 11.8 Å². The number of carbonyl (C=O) groups excluding carboxylic acids is 2. The highest BCUT2D eigenvalue weighted by atomic mass is 32.2. The Morgan fingerprint density at radius 1 is 1.41 bits per heavy atom. The topological polar surface area (TPSA) is 101 Å². The molecule has 0 spiro atoms. The van der Waals surface area contributed by atoms with Crippen LogP contribution in [0.2, 0.25) is 0 Å². The second kappa shape index (κ2) is 7.61. The Labute approximate surface area is 160 Å². The van der Waals surface area contributed by atoms with Crippen LogP contribution in [-0.4, -0.2) is 65.5 Å². The van der Waals surface area contributed by atoms with E-state index < -0.39 is 15.8 Å². The van der Waals surface area contributed by atoms with Crippen LogP contribution in [0.4, 0.5) is 0 Å². The Bertz CT molecular complexity index is 832. The van der Waals surface area contributed by atoms with Crippen molar-refractivity contribution >= 4 is 21.7 Å². The van der Waals surface area contributed by atoms with Crippen LogP contribution in [0.1, 0.15) is 31.2 Å². The number of sulfone groups is 1. The number of nitrogens with one attached hydrogen (secondary N) is 1. The molecule has 0 aromatic carbocycles. The van der Waals surface area contributed by atoms with E-state index in [-0.39, 0.29) is 41.7 Å². The molecule has 3 heterocycles. The van der Waals surface area contributed by atoms with Crippen molar-refractivity contribution in [1.29, 1.82) is 0 Å². The van der Waals surface area contributed by atoms with Gasteiger partial charge in [-0.2, -0.15) is 5.10 Å². The van der Waals surface area contributed by atoms with Gasteiger partial charge in [-0.3, -0.25) is 14.3 Å². The quantitative estimate of drug-likeness (QED) is 0.745. The SMILES string of the molecule is Cc1cc(C)n(C[C@H](C)CNC(=O)[C@H]2CC(=O)N([C@H]3CCS(=O)(=O)C3)C2)n1. The van der Waals surface area contributed by atoms with E-state index in [9.17, 15) is 18.0 Å². The van der Waals surface area contributed by atoms with Crippen LogP contribution in [0.15, 0.2) is 6.07 Å². The summed E-state index contributed by atoms with van der Waals surface area (Å²) < 4.78 is 25.2. The number of carbonyl (C=O) groups is 2. The number of amides is 2. The van der Waals surface area contributed by atoms with Crippen molar-refractivity contribution in [3.63, 3.8) is 0 Å². The first-order valence-corrected chi connectivity index (χ1v) is 11.3. The largest absolute Gasteiger partial charge is 0.355 e. The van der Waals surface area contributed by atoms with Crippen LogP contribution in [0.5, 0.6) is 0 Å². The van der Waals surface area contributed by atoms with Gasteiger partial charge in [0.15, 0.2) is 9.84 Å². The van der Waals surface area contributed by atoms with Gasteiger partial charge in [0.05, 0.1) is 23.1 Å². The number of hydrogen-bond donors (Lipinski definition) is 1. The fraction of sp³-hybridized carbons (Fsp3) is 0.722. The number of hydrogen-bond acceptors (Lipinski definition) is 5. The minimum Gasteiger partial charge on any atom is -0.355 e. The molecule has 3 rings (SSSR count). The molecule has 0 bridgehead atoms. The molecule has 2 fully saturated rings. The molecule has 2 amide bonds. The lowest BCUT2D eigenvalue weighted by Gasteiger charge is -2.23. The first-order valence-electron chi connectivity index (χ1n) is 9.43. The number of rotatable bonds is 6. The highest BCUT2D eigenvalue weighted by Gasteiger charge is 2.41. The molecular weight excluding hydrogens is 368 g/mol. The molecule has 27 heavy (non-hydrogen) atoms. The molecule has 1 aromatic heterocycles. The standard InChI is InChI=1S/C18H28N4O4S/c1-12(9-22-14(3)6-13(2)20-22)8-19-18(24)15-7-17(23)21(10-15)16-4-5-27(25,26)11-16/h6,12,15-16H,4-5,7-11H2,1-3H3,(H,19,24)/t12-,15+,16+/m1/s1. The van der Waals surface area contributed by atoms with Gasteiger partial charge in [-0.05, 0) is 32.3 Å². The zero-order valence-corrected chi connectivity index (χ0v) is 17.0. The third-order valence-corrected chi connectivity index (χ3v) is 7.14. The molecule has 0 radical (unpaired) electrons. The van der Waals surface area contributed by atoms with Gasteiger partial charge < -0.3 is 10.2 Å². The molecule has 0 unspecified atom stereocenters. The lowest BCUT2D eigenvalue weighted by molar-refractivity contribution is -0.130. The summed E-state index contributed by atoms with van der Waals surface area (Å²) in [5, 5.41) is 7.38. The predicted octanol–water partition coefficient (Wildman–Crippen LogP) is 0.288. The van der Waals surface area contributed by atoms with Gasteiger partial charge in [0.25, 0.3) is 0 Å². The first kappa shape index (κ1) is 19.9. The zero-order chi connectivity index (χ0) is 19.8. The maximum Gasteiger partial charge on any atom is 0.225 e. The van der Waals surface area contributed by atoms with E-state index in [0.29, 0.717) is 19.5 Å². The van der Waals surface area contributed by atoms with Gasteiger partial charge in [-0.15, -0.1) is 0 Å². The van der Waals surface area contributed by atoms with Crippen molar-refractivity contribution in [2.45, 2.75) is 46.2 Å².